The fourth-order valence-corrected chi connectivity index (χ4v) is 4.10. The molecule has 100 valence electrons. The van der Waals surface area contributed by atoms with Gasteiger partial charge in [0, 0.05) is 28.4 Å². The Kier molecular flexibility index (Phi) is 3.48. The standard InChI is InChI=1S/C15H23NOS/c1-11-4-5-14(18-11)12(2)16-13-6-9-17-15(10-13)7-3-8-15/h4-5,12-13,16H,3,6-10H2,1-2H3. The second-order valence-electron chi connectivity index (χ2n) is 5.91. The molecule has 3 rings (SSSR count). The van der Waals surface area contributed by atoms with Crippen LogP contribution in [0.1, 0.15) is 54.8 Å². The number of rotatable bonds is 3. The van der Waals surface area contributed by atoms with Gasteiger partial charge in [-0.05, 0) is 58.1 Å². The number of aryl methyl sites for hydroxylation is 1. The molecule has 1 aromatic heterocycles. The zero-order valence-electron chi connectivity index (χ0n) is 11.4. The van der Waals surface area contributed by atoms with Crippen LogP contribution in [-0.2, 0) is 4.74 Å². The van der Waals surface area contributed by atoms with Gasteiger partial charge in [-0.1, -0.05) is 0 Å². The molecule has 0 radical (unpaired) electrons. The van der Waals surface area contributed by atoms with Crippen molar-refractivity contribution in [2.45, 2.75) is 63.6 Å². The van der Waals surface area contributed by atoms with E-state index >= 15 is 0 Å². The molecule has 2 aliphatic rings. The van der Waals surface area contributed by atoms with Crippen LogP contribution in [0.3, 0.4) is 0 Å². The first kappa shape index (κ1) is 12.6. The molecule has 1 aliphatic heterocycles. The van der Waals surface area contributed by atoms with Crippen LogP contribution in [0.4, 0.5) is 0 Å². The van der Waals surface area contributed by atoms with Crippen LogP contribution in [0.5, 0.6) is 0 Å². The molecule has 18 heavy (non-hydrogen) atoms. The molecule has 2 nitrogen and oxygen atoms in total. The Hall–Kier alpha value is -0.380. The normalized spacial score (nSPS) is 28.0. The molecule has 1 aliphatic carbocycles. The van der Waals surface area contributed by atoms with Crippen molar-refractivity contribution in [3.8, 4) is 0 Å². The Morgan fingerprint density at radius 2 is 2.28 bits per heavy atom. The Balaban J connectivity index is 1.58. The lowest BCUT2D eigenvalue weighted by atomic mass is 9.74. The second kappa shape index (κ2) is 4.95. The first-order valence-corrected chi connectivity index (χ1v) is 7.95. The van der Waals surface area contributed by atoms with E-state index in [-0.39, 0.29) is 5.60 Å². The lowest BCUT2D eigenvalue weighted by Gasteiger charge is -2.47. The monoisotopic (exact) mass is 265 g/mol. The number of thiophene rings is 1. The second-order valence-corrected chi connectivity index (χ2v) is 7.23. The molecule has 0 amide bonds. The van der Waals surface area contributed by atoms with Gasteiger partial charge in [0.2, 0.25) is 0 Å². The van der Waals surface area contributed by atoms with Gasteiger partial charge in [0.25, 0.3) is 0 Å². The Labute approximate surface area is 114 Å². The summed E-state index contributed by atoms with van der Waals surface area (Å²) in [7, 11) is 0. The summed E-state index contributed by atoms with van der Waals surface area (Å²) in [5.41, 5.74) is 0.251. The summed E-state index contributed by atoms with van der Waals surface area (Å²) in [6, 6.07) is 5.59. The zero-order valence-corrected chi connectivity index (χ0v) is 12.2. The molecule has 2 fully saturated rings. The highest BCUT2D eigenvalue weighted by atomic mass is 32.1. The summed E-state index contributed by atoms with van der Waals surface area (Å²) in [6.07, 6.45) is 6.28. The van der Waals surface area contributed by atoms with Crippen LogP contribution in [0.15, 0.2) is 12.1 Å². The minimum Gasteiger partial charge on any atom is -0.375 e. The van der Waals surface area contributed by atoms with E-state index in [9.17, 15) is 0 Å². The Bertz CT molecular complexity index is 410. The molecule has 1 saturated heterocycles. The van der Waals surface area contributed by atoms with Gasteiger partial charge in [-0.2, -0.15) is 0 Å². The molecule has 2 heterocycles. The van der Waals surface area contributed by atoms with E-state index in [0.717, 1.165) is 13.0 Å². The highest BCUT2D eigenvalue weighted by Crippen LogP contribution is 2.42. The molecule has 1 spiro atoms. The molecule has 2 unspecified atom stereocenters. The van der Waals surface area contributed by atoms with E-state index in [4.69, 9.17) is 4.74 Å². The van der Waals surface area contributed by atoms with Crippen molar-refractivity contribution in [3.05, 3.63) is 21.9 Å². The first-order valence-electron chi connectivity index (χ1n) is 7.13. The third kappa shape index (κ3) is 2.49. The van der Waals surface area contributed by atoms with Crippen LogP contribution in [0.2, 0.25) is 0 Å². The van der Waals surface area contributed by atoms with Crippen LogP contribution < -0.4 is 5.32 Å². The summed E-state index contributed by atoms with van der Waals surface area (Å²) in [5.74, 6) is 0. The molecule has 3 heteroatoms. The lowest BCUT2D eigenvalue weighted by molar-refractivity contribution is -0.136. The molecular formula is C15H23NOS. The van der Waals surface area contributed by atoms with Gasteiger partial charge >= 0.3 is 0 Å². The van der Waals surface area contributed by atoms with E-state index in [2.05, 4.69) is 31.3 Å². The zero-order chi connectivity index (χ0) is 12.6. The van der Waals surface area contributed by atoms with E-state index in [1.54, 1.807) is 0 Å². The first-order chi connectivity index (χ1) is 8.67. The molecule has 1 saturated carbocycles. The average molecular weight is 265 g/mol. The summed E-state index contributed by atoms with van der Waals surface area (Å²) in [4.78, 5) is 2.86. The van der Waals surface area contributed by atoms with Crippen molar-refractivity contribution in [3.63, 3.8) is 0 Å². The van der Waals surface area contributed by atoms with Gasteiger partial charge in [-0.15, -0.1) is 11.3 Å². The molecule has 0 aromatic carbocycles. The SMILES string of the molecule is Cc1ccc(C(C)NC2CCOC3(CCC3)C2)s1. The fraction of sp³-hybridized carbons (Fsp3) is 0.733. The van der Waals surface area contributed by atoms with E-state index < -0.39 is 0 Å². The predicted octanol–water partition coefficient (Wildman–Crippen LogP) is 3.81. The quantitative estimate of drug-likeness (QED) is 0.897. The van der Waals surface area contributed by atoms with Gasteiger partial charge in [-0.3, -0.25) is 0 Å². The largest absolute Gasteiger partial charge is 0.375 e. The predicted molar refractivity (Wildman–Crippen MR) is 76.2 cm³/mol. The summed E-state index contributed by atoms with van der Waals surface area (Å²) < 4.78 is 5.99. The van der Waals surface area contributed by atoms with Crippen LogP contribution >= 0.6 is 11.3 Å². The summed E-state index contributed by atoms with van der Waals surface area (Å²) >= 11 is 1.91. The number of hydrogen-bond donors (Lipinski definition) is 1. The topological polar surface area (TPSA) is 21.3 Å². The van der Waals surface area contributed by atoms with E-state index in [1.165, 1.54) is 35.4 Å². The van der Waals surface area contributed by atoms with Crippen molar-refractivity contribution in [1.29, 1.82) is 0 Å². The minimum atomic E-state index is 0.251. The number of ether oxygens (including phenoxy) is 1. The van der Waals surface area contributed by atoms with Crippen LogP contribution in [0.25, 0.3) is 0 Å². The number of nitrogens with one attached hydrogen (secondary N) is 1. The van der Waals surface area contributed by atoms with E-state index in [0.29, 0.717) is 12.1 Å². The molecule has 0 bridgehead atoms. The summed E-state index contributed by atoms with van der Waals surface area (Å²) in [6.45, 7) is 5.40. The number of hydrogen-bond acceptors (Lipinski definition) is 3. The maximum atomic E-state index is 5.99. The Morgan fingerprint density at radius 1 is 1.44 bits per heavy atom. The van der Waals surface area contributed by atoms with Crippen molar-refractivity contribution in [2.75, 3.05) is 6.61 Å². The third-order valence-corrected chi connectivity index (χ3v) is 5.61. The lowest BCUT2D eigenvalue weighted by Crippen LogP contribution is -2.51. The molecule has 1 N–H and O–H groups in total. The van der Waals surface area contributed by atoms with Crippen LogP contribution in [-0.4, -0.2) is 18.2 Å². The third-order valence-electron chi connectivity index (χ3n) is 4.43. The highest BCUT2D eigenvalue weighted by molar-refractivity contribution is 7.12. The van der Waals surface area contributed by atoms with Crippen molar-refractivity contribution >= 4 is 11.3 Å². The van der Waals surface area contributed by atoms with Crippen molar-refractivity contribution in [1.82, 2.24) is 5.32 Å². The fourth-order valence-electron chi connectivity index (χ4n) is 3.21. The van der Waals surface area contributed by atoms with E-state index in [1.807, 2.05) is 11.3 Å². The van der Waals surface area contributed by atoms with Gasteiger partial charge in [0.1, 0.15) is 0 Å². The highest BCUT2D eigenvalue weighted by Gasteiger charge is 2.42. The maximum absolute atomic E-state index is 5.99. The molecule has 2 atom stereocenters. The summed E-state index contributed by atoms with van der Waals surface area (Å²) in [5, 5.41) is 3.80. The van der Waals surface area contributed by atoms with Gasteiger partial charge < -0.3 is 10.1 Å². The van der Waals surface area contributed by atoms with Crippen LogP contribution in [0, 0.1) is 6.92 Å². The molecule has 1 aromatic rings. The van der Waals surface area contributed by atoms with Crippen molar-refractivity contribution < 1.29 is 4.74 Å². The minimum absolute atomic E-state index is 0.251. The molecular weight excluding hydrogens is 242 g/mol. The average Bonchev–Trinajstić information content (AvgIpc) is 2.74. The Morgan fingerprint density at radius 3 is 2.89 bits per heavy atom. The van der Waals surface area contributed by atoms with Gasteiger partial charge in [-0.25, -0.2) is 0 Å². The van der Waals surface area contributed by atoms with Gasteiger partial charge in [0.05, 0.1) is 5.60 Å². The van der Waals surface area contributed by atoms with Crippen molar-refractivity contribution in [2.24, 2.45) is 0 Å². The van der Waals surface area contributed by atoms with Gasteiger partial charge in [0.15, 0.2) is 0 Å². The maximum Gasteiger partial charge on any atom is 0.0697 e. The smallest absolute Gasteiger partial charge is 0.0697 e.